The smallest absolute Gasteiger partial charge is 0.335 e. The van der Waals surface area contributed by atoms with Crippen LogP contribution in [0.5, 0.6) is 0 Å². The van der Waals surface area contributed by atoms with E-state index in [-0.39, 0.29) is 25.9 Å². The van der Waals surface area contributed by atoms with Crippen molar-refractivity contribution in [2.45, 2.75) is 237 Å². The van der Waals surface area contributed by atoms with E-state index in [1.54, 1.807) is 18.2 Å². The van der Waals surface area contributed by atoms with Crippen molar-refractivity contribution in [2.24, 2.45) is 0 Å². The highest BCUT2D eigenvalue weighted by atomic mass is 16.7. The number of carboxylic acids is 1. The van der Waals surface area contributed by atoms with Crippen LogP contribution in [-0.2, 0) is 42.9 Å². The number of hydrogen-bond donors (Lipinski definition) is 3. The number of carboxylic acid groups (broad SMARTS) is 1. The first-order chi connectivity index (χ1) is 37.6. The van der Waals surface area contributed by atoms with Gasteiger partial charge in [0.25, 0.3) is 0 Å². The second-order valence-corrected chi connectivity index (χ2v) is 19.2. The third-order valence-electron chi connectivity index (χ3n) is 12.3. The minimum absolute atomic E-state index is 0.0874. The van der Waals surface area contributed by atoms with Crippen LogP contribution in [0.25, 0.3) is 0 Å². The number of unbranched alkanes of at least 4 members (excludes halogenated alkanes) is 13. The Labute approximate surface area is 464 Å². The number of aliphatic hydroxyl groups excluding tert-OH is 2. The maximum absolute atomic E-state index is 13.1. The van der Waals surface area contributed by atoms with Crippen LogP contribution in [0.2, 0.25) is 0 Å². The zero-order valence-electron chi connectivity index (χ0n) is 47.4. The van der Waals surface area contributed by atoms with E-state index in [0.29, 0.717) is 19.3 Å². The van der Waals surface area contributed by atoms with Crippen molar-refractivity contribution in [3.63, 3.8) is 0 Å². The average molecular weight is 1070 g/mol. The van der Waals surface area contributed by atoms with Crippen molar-refractivity contribution in [1.29, 1.82) is 0 Å². The molecule has 1 saturated heterocycles. The number of aliphatic hydroxyl groups is 2. The molecule has 0 spiro atoms. The summed E-state index contributed by atoms with van der Waals surface area (Å²) in [6, 6.07) is 0. The largest absolute Gasteiger partial charge is 0.479 e. The lowest BCUT2D eigenvalue weighted by Gasteiger charge is -2.40. The molecular weight excluding hydrogens is 973 g/mol. The molecule has 3 N–H and O–H groups in total. The van der Waals surface area contributed by atoms with E-state index in [9.17, 15) is 34.5 Å². The van der Waals surface area contributed by atoms with E-state index in [1.165, 1.54) is 57.8 Å². The average Bonchev–Trinajstić information content (AvgIpc) is 3.43. The quantitative estimate of drug-likeness (QED) is 0.0228. The topological polar surface area (TPSA) is 175 Å². The second kappa shape index (κ2) is 51.6. The van der Waals surface area contributed by atoms with E-state index in [4.69, 9.17) is 23.7 Å². The molecule has 1 rings (SSSR count). The third-order valence-corrected chi connectivity index (χ3v) is 12.3. The first-order valence-corrected chi connectivity index (χ1v) is 29.2. The first-order valence-electron chi connectivity index (χ1n) is 29.2. The lowest BCUT2D eigenvalue weighted by molar-refractivity contribution is -0.301. The van der Waals surface area contributed by atoms with Crippen LogP contribution in [-0.4, -0.2) is 89.2 Å². The molecule has 0 aromatic heterocycles. The van der Waals surface area contributed by atoms with Crippen molar-refractivity contribution in [2.75, 3.05) is 13.2 Å². The molecule has 0 amide bonds. The molecule has 0 bridgehead atoms. The van der Waals surface area contributed by atoms with Gasteiger partial charge in [0, 0.05) is 6.42 Å². The van der Waals surface area contributed by atoms with E-state index >= 15 is 0 Å². The number of hydrogen-bond acceptors (Lipinski definition) is 11. The van der Waals surface area contributed by atoms with Gasteiger partial charge in [-0.1, -0.05) is 219 Å². The van der Waals surface area contributed by atoms with Crippen LogP contribution in [0.4, 0.5) is 0 Å². The number of carbonyl (C=O) groups excluding carboxylic acids is 3. The summed E-state index contributed by atoms with van der Waals surface area (Å²) in [7, 11) is 0. The van der Waals surface area contributed by atoms with Gasteiger partial charge in [0.05, 0.1) is 19.4 Å². The van der Waals surface area contributed by atoms with E-state index < -0.39 is 67.3 Å². The highest BCUT2D eigenvalue weighted by molar-refractivity contribution is 5.74. The molecule has 0 aromatic carbocycles. The van der Waals surface area contributed by atoms with Crippen molar-refractivity contribution >= 4 is 23.9 Å². The van der Waals surface area contributed by atoms with Gasteiger partial charge in [-0.25, -0.2) is 4.79 Å². The molecule has 12 heteroatoms. The number of esters is 3. The van der Waals surface area contributed by atoms with Gasteiger partial charge in [0.2, 0.25) is 0 Å². The van der Waals surface area contributed by atoms with Crippen LogP contribution in [0, 0.1) is 0 Å². The Kier molecular flexibility index (Phi) is 46.8. The zero-order valence-corrected chi connectivity index (χ0v) is 47.4. The molecule has 0 radical (unpaired) electrons. The molecule has 1 aliphatic rings. The summed E-state index contributed by atoms with van der Waals surface area (Å²) in [5, 5.41) is 31.4. The molecule has 0 saturated carbocycles. The van der Waals surface area contributed by atoms with Crippen LogP contribution >= 0.6 is 0 Å². The summed E-state index contributed by atoms with van der Waals surface area (Å²) < 4.78 is 28.1. The highest BCUT2D eigenvalue weighted by Gasteiger charge is 2.50. The van der Waals surface area contributed by atoms with Gasteiger partial charge in [-0.3, -0.25) is 14.4 Å². The van der Waals surface area contributed by atoms with Crippen molar-refractivity contribution in [3.8, 4) is 0 Å². The summed E-state index contributed by atoms with van der Waals surface area (Å²) in [6.07, 6.45) is 60.5. The molecule has 1 heterocycles. The fourth-order valence-electron chi connectivity index (χ4n) is 7.87. The fourth-order valence-corrected chi connectivity index (χ4v) is 7.87. The SMILES string of the molecule is CC/C=C\C/C=C\C/C=C\C/C=C\C/C=C\CC(=O)OC(COC(=O)CCCCCCCCC/C=C\CCCCCCCC)COC1OC(C(=O)O)C(O)C(O)C1OC(=O)C/C=C\C/C=C\C/C=C\C/C=C\C/C=C\CC. The van der Waals surface area contributed by atoms with Gasteiger partial charge < -0.3 is 39.0 Å². The number of carbonyl (C=O) groups is 4. The molecule has 12 nitrogen and oxygen atoms in total. The number of ether oxygens (including phenoxy) is 5. The third kappa shape index (κ3) is 41.6. The molecule has 77 heavy (non-hydrogen) atoms. The maximum atomic E-state index is 13.1. The van der Waals surface area contributed by atoms with Crippen molar-refractivity contribution in [1.82, 2.24) is 0 Å². The Morgan fingerprint density at radius 2 is 0.857 bits per heavy atom. The molecule has 1 fully saturated rings. The Hall–Kier alpha value is -5.14. The second-order valence-electron chi connectivity index (χ2n) is 19.2. The Bertz CT molecular complexity index is 1850. The molecule has 1 aliphatic heterocycles. The lowest BCUT2D eigenvalue weighted by Crippen LogP contribution is -2.61. The summed E-state index contributed by atoms with van der Waals surface area (Å²) in [5.41, 5.74) is 0. The summed E-state index contributed by atoms with van der Waals surface area (Å²) in [6.45, 7) is 5.61. The van der Waals surface area contributed by atoms with Crippen LogP contribution in [0.3, 0.4) is 0 Å². The molecule has 0 aliphatic carbocycles. The number of allylic oxidation sites excluding steroid dienone is 20. The Balaban J connectivity index is 2.80. The van der Waals surface area contributed by atoms with Gasteiger partial charge in [0.15, 0.2) is 24.6 Å². The Morgan fingerprint density at radius 3 is 1.30 bits per heavy atom. The maximum Gasteiger partial charge on any atom is 0.335 e. The number of rotatable bonds is 47. The molecule has 432 valence electrons. The Morgan fingerprint density at radius 1 is 0.455 bits per heavy atom. The minimum atomic E-state index is -1.95. The molecule has 0 aromatic rings. The fraction of sp³-hybridized carbons (Fsp3) is 0.600. The standard InChI is InChI=1S/C65H100O12/c1-4-7-10-13-16-19-22-25-28-29-32-33-36-39-42-45-48-51-57(66)73-54-56(75-58(67)52-49-46-43-40-37-34-30-26-23-20-17-14-11-8-5-2)55-74-65-63(61(70)60(69)62(77-65)64(71)72)76-59(68)53-50-47-44-41-38-35-31-27-24-21-18-15-12-9-6-3/h8-9,11-12,17-18,20-21,25-28,30-31,37-38,40-41,46-47,49-50,56,60-63,65,69-70H,4-7,10,13-16,19,22-24,29,32-36,39,42-45,48,51-55H2,1-3H3,(H,71,72)/b11-8-,12-9-,20-17-,21-18-,28-25-,30-26-,31-27-,40-37-,41-38-,49-46-,50-47-. The lowest BCUT2D eigenvalue weighted by atomic mass is 9.98. The predicted molar refractivity (Wildman–Crippen MR) is 312 cm³/mol. The van der Waals surface area contributed by atoms with E-state index in [0.717, 1.165) is 83.5 Å². The summed E-state index contributed by atoms with van der Waals surface area (Å²) >= 11 is 0. The van der Waals surface area contributed by atoms with Crippen molar-refractivity contribution in [3.05, 3.63) is 134 Å². The minimum Gasteiger partial charge on any atom is -0.479 e. The van der Waals surface area contributed by atoms with Gasteiger partial charge >= 0.3 is 23.9 Å². The highest BCUT2D eigenvalue weighted by Crippen LogP contribution is 2.26. The zero-order chi connectivity index (χ0) is 56.1. The van der Waals surface area contributed by atoms with Gasteiger partial charge in [-0.05, 0) is 96.3 Å². The predicted octanol–water partition coefficient (Wildman–Crippen LogP) is 15.0. The normalized spacial score (nSPS) is 19.0. The van der Waals surface area contributed by atoms with Crippen LogP contribution < -0.4 is 0 Å². The molecular formula is C65H100O12. The first kappa shape index (κ1) is 69.9. The van der Waals surface area contributed by atoms with Gasteiger partial charge in [-0.15, -0.1) is 0 Å². The number of aliphatic carboxylic acids is 1. The molecule has 6 unspecified atom stereocenters. The van der Waals surface area contributed by atoms with E-state index in [2.05, 4.69) is 106 Å². The van der Waals surface area contributed by atoms with E-state index in [1.807, 2.05) is 30.4 Å². The molecule has 6 atom stereocenters. The summed E-state index contributed by atoms with van der Waals surface area (Å²) in [4.78, 5) is 51.0. The van der Waals surface area contributed by atoms with Crippen LogP contribution in [0.15, 0.2) is 134 Å². The summed E-state index contributed by atoms with van der Waals surface area (Å²) in [5.74, 6) is -3.48. The van der Waals surface area contributed by atoms with Crippen LogP contribution in [0.1, 0.15) is 201 Å². The van der Waals surface area contributed by atoms with Gasteiger partial charge in [0.1, 0.15) is 18.8 Å². The van der Waals surface area contributed by atoms with Crippen molar-refractivity contribution < 1.29 is 58.2 Å². The van der Waals surface area contributed by atoms with Gasteiger partial charge in [-0.2, -0.15) is 0 Å². The monoisotopic (exact) mass is 1070 g/mol.